The first-order valence-electron chi connectivity index (χ1n) is 13.5. The van der Waals surface area contributed by atoms with Gasteiger partial charge in [0.1, 0.15) is 23.4 Å². The van der Waals surface area contributed by atoms with Gasteiger partial charge in [-0.05, 0) is 25.5 Å². The average molecular weight is 490 g/mol. The van der Waals surface area contributed by atoms with E-state index in [-0.39, 0.29) is 34.9 Å². The van der Waals surface area contributed by atoms with E-state index in [4.69, 9.17) is 8.22 Å². The summed E-state index contributed by atoms with van der Waals surface area (Å²) in [4.78, 5) is 27.3. The van der Waals surface area contributed by atoms with Gasteiger partial charge in [0.05, 0.1) is 29.0 Å². The number of nitrogens with zero attached hydrogens (tertiary/aromatic N) is 6. The van der Waals surface area contributed by atoms with Crippen LogP contribution in [0.1, 0.15) is 43.8 Å². The summed E-state index contributed by atoms with van der Waals surface area (Å²) in [6.45, 7) is -3.81. The van der Waals surface area contributed by atoms with E-state index < -0.39 is 55.4 Å². The van der Waals surface area contributed by atoms with Gasteiger partial charge in [0.15, 0.2) is 11.5 Å². The second-order valence-corrected chi connectivity index (χ2v) is 8.28. The monoisotopic (exact) mass is 489 g/mol. The lowest BCUT2D eigenvalue weighted by molar-refractivity contribution is -0.117. The molecule has 0 spiro atoms. The number of benzene rings is 1. The van der Waals surface area contributed by atoms with Crippen LogP contribution >= 0.6 is 0 Å². The third-order valence-corrected chi connectivity index (χ3v) is 5.99. The van der Waals surface area contributed by atoms with E-state index in [0.29, 0.717) is 16.2 Å². The number of carbonyl (C=O) groups is 2. The Kier molecular flexibility index (Phi) is 3.88. The van der Waals surface area contributed by atoms with Crippen LogP contribution in [0.4, 0.5) is 31.7 Å². The summed E-state index contributed by atoms with van der Waals surface area (Å²) < 4.78 is 73.4. The number of amides is 2. The van der Waals surface area contributed by atoms with Crippen LogP contribution in [-0.2, 0) is 11.8 Å². The third kappa shape index (κ3) is 3.92. The Morgan fingerprint density at radius 3 is 2.71 bits per heavy atom. The quantitative estimate of drug-likeness (QED) is 0.498. The van der Waals surface area contributed by atoms with Crippen molar-refractivity contribution in [2.45, 2.75) is 25.6 Å². The van der Waals surface area contributed by atoms with Crippen molar-refractivity contribution >= 4 is 34.7 Å². The van der Waals surface area contributed by atoms with E-state index in [1.807, 2.05) is 0 Å². The summed E-state index contributed by atoms with van der Waals surface area (Å²) in [5.41, 5.74) is 0.408. The Bertz CT molecular complexity index is 1560. The van der Waals surface area contributed by atoms with Crippen LogP contribution in [-0.4, -0.2) is 57.2 Å². The molecule has 2 aliphatic rings. The zero-order valence-electron chi connectivity index (χ0n) is 24.4. The van der Waals surface area contributed by atoms with Crippen molar-refractivity contribution in [3.05, 3.63) is 35.4 Å². The molecule has 1 fully saturated rings. The fourth-order valence-corrected chi connectivity index (χ4v) is 4.00. The number of halogens is 2. The molecule has 3 heterocycles. The van der Waals surface area contributed by atoms with Gasteiger partial charge in [0, 0.05) is 40.9 Å². The highest BCUT2D eigenvalue weighted by Gasteiger charge is 2.44. The molecule has 0 bridgehead atoms. The maximum Gasteiger partial charge on any atom is 0.273 e. The molecule has 3 aromatic rings. The maximum absolute atomic E-state index is 15.0. The predicted molar refractivity (Wildman–Crippen MR) is 124 cm³/mol. The minimum atomic E-state index is -2.87. The molecule has 5 rings (SSSR count). The van der Waals surface area contributed by atoms with Crippen molar-refractivity contribution in [3.8, 4) is 11.3 Å². The number of anilines is 4. The summed E-state index contributed by atoms with van der Waals surface area (Å²) >= 11 is 0. The van der Waals surface area contributed by atoms with Gasteiger partial charge in [0.2, 0.25) is 5.91 Å². The van der Waals surface area contributed by atoms with Crippen LogP contribution in [0, 0.1) is 11.7 Å². The van der Waals surface area contributed by atoms with Crippen molar-refractivity contribution in [2.75, 3.05) is 29.6 Å². The number of hydrogen-bond acceptors (Lipinski definition) is 8. The van der Waals surface area contributed by atoms with Crippen LogP contribution < -0.4 is 20.9 Å². The van der Waals surface area contributed by atoms with Gasteiger partial charge in [-0.3, -0.25) is 9.59 Å². The Labute approximate surface area is 207 Å². The molecule has 0 saturated heterocycles. The summed E-state index contributed by atoms with van der Waals surface area (Å²) in [7, 11) is 1.66. The number of alkyl halides is 1. The molecule has 3 N–H and O–H groups in total. The highest BCUT2D eigenvalue weighted by atomic mass is 19.1. The van der Waals surface area contributed by atoms with E-state index in [0.717, 1.165) is 12.1 Å². The second-order valence-electron chi connectivity index (χ2n) is 8.28. The summed E-state index contributed by atoms with van der Waals surface area (Å²) in [6, 6.07) is 2.91. The average Bonchev–Trinajstić information content (AvgIpc) is 3.39. The van der Waals surface area contributed by atoms with E-state index in [1.165, 1.54) is 6.07 Å². The van der Waals surface area contributed by atoms with Crippen molar-refractivity contribution in [2.24, 2.45) is 12.9 Å². The summed E-state index contributed by atoms with van der Waals surface area (Å²) in [5, 5.41) is 22.8. The molecular formula is C22H23F2N9O2. The van der Waals surface area contributed by atoms with E-state index >= 15 is 0 Å². The number of hydrogen-bond donors (Lipinski definition) is 3. The van der Waals surface area contributed by atoms with Gasteiger partial charge in [-0.25, -0.2) is 8.78 Å². The van der Waals surface area contributed by atoms with E-state index in [1.54, 1.807) is 24.2 Å². The lowest BCUT2D eigenvalue weighted by Crippen LogP contribution is -2.27. The first-order valence-corrected chi connectivity index (χ1v) is 10.5. The Morgan fingerprint density at radius 1 is 1.20 bits per heavy atom. The Balaban J connectivity index is 1.60. The highest BCUT2D eigenvalue weighted by Crippen LogP contribution is 2.47. The van der Waals surface area contributed by atoms with Crippen LogP contribution in [0.25, 0.3) is 11.3 Å². The molecule has 0 radical (unpaired) electrons. The van der Waals surface area contributed by atoms with Gasteiger partial charge >= 0.3 is 0 Å². The zero-order chi connectivity index (χ0) is 30.0. The smallest absolute Gasteiger partial charge is 0.273 e. The molecular weight excluding hydrogens is 460 g/mol. The lowest BCUT2D eigenvalue weighted by atomic mass is 9.96. The normalized spacial score (nSPS) is 23.3. The molecule has 3 atom stereocenters. The number of fused-ring (bicyclic) bond motifs is 3. The molecule has 2 aromatic heterocycles. The molecule has 1 aliphatic carbocycles. The fourth-order valence-electron chi connectivity index (χ4n) is 4.00. The summed E-state index contributed by atoms with van der Waals surface area (Å²) in [6.07, 6.45) is -1.23. The van der Waals surface area contributed by atoms with Crippen molar-refractivity contribution in [1.29, 1.82) is 0 Å². The number of rotatable bonds is 5. The number of aryl methyl sites for hydroxylation is 1. The summed E-state index contributed by atoms with van der Waals surface area (Å²) in [5.74, 6) is -3.57. The molecule has 1 aromatic carbocycles. The van der Waals surface area contributed by atoms with Crippen molar-refractivity contribution < 1.29 is 26.6 Å². The van der Waals surface area contributed by atoms with Gasteiger partial charge in [-0.2, -0.15) is 15.0 Å². The van der Waals surface area contributed by atoms with Crippen LogP contribution in [0.5, 0.6) is 0 Å². The fraction of sp³-hybridized carbons (Fsp3) is 0.364. The molecule has 1 aliphatic heterocycles. The first kappa shape index (κ1) is 16.5. The molecule has 35 heavy (non-hydrogen) atoms. The molecule has 0 unspecified atom stereocenters. The molecule has 13 heteroatoms. The largest absolute Gasteiger partial charge is 0.364 e. The topological polar surface area (TPSA) is 130 Å². The van der Waals surface area contributed by atoms with E-state index in [9.17, 15) is 18.4 Å². The molecule has 182 valence electrons. The molecule has 1 saturated carbocycles. The van der Waals surface area contributed by atoms with Gasteiger partial charge in [-0.15, -0.1) is 10.2 Å². The van der Waals surface area contributed by atoms with Crippen molar-refractivity contribution in [3.63, 3.8) is 0 Å². The second kappa shape index (κ2) is 8.25. The van der Waals surface area contributed by atoms with Gasteiger partial charge in [-0.1, -0.05) is 0 Å². The van der Waals surface area contributed by atoms with Crippen LogP contribution in [0.15, 0.2) is 18.2 Å². The van der Waals surface area contributed by atoms with Crippen LogP contribution in [0.3, 0.4) is 0 Å². The van der Waals surface area contributed by atoms with Gasteiger partial charge < -0.3 is 20.9 Å². The third-order valence-electron chi connectivity index (χ3n) is 5.99. The lowest BCUT2D eigenvalue weighted by Gasteiger charge is -2.34. The SMILES string of the molecule is [2H]C([2H])([2H])NC(=O)c1nnc(NC(=O)[C@@H]2C[C@H]2F)cc1Nc1cc(F)cc2c1N(C)[C@H](C)c1nn(C([2H])([2H])[2H])nc1-2. The number of aromatic nitrogens is 5. The Hall–Kier alpha value is -4.16. The minimum Gasteiger partial charge on any atom is -0.364 e. The first-order chi connectivity index (χ1) is 19.0. The Morgan fingerprint density at radius 2 is 2.00 bits per heavy atom. The van der Waals surface area contributed by atoms with E-state index in [2.05, 4.69) is 31.0 Å². The molecule has 2 amide bonds. The maximum atomic E-state index is 15.0. The van der Waals surface area contributed by atoms with Crippen molar-refractivity contribution in [1.82, 2.24) is 30.5 Å². The minimum absolute atomic E-state index is 0.0533. The number of nitrogens with one attached hydrogen (secondary N) is 3. The van der Waals surface area contributed by atoms with Crippen LogP contribution in [0.2, 0.25) is 0 Å². The van der Waals surface area contributed by atoms with Gasteiger partial charge in [0.25, 0.3) is 5.91 Å². The number of carbonyl (C=O) groups excluding carboxylic acids is 2. The predicted octanol–water partition coefficient (Wildman–Crippen LogP) is 2.32. The zero-order valence-corrected chi connectivity index (χ0v) is 18.4. The highest BCUT2D eigenvalue weighted by molar-refractivity contribution is 6.01. The molecule has 11 nitrogen and oxygen atoms in total. The standard InChI is InChI=1S/C22H23F2N9O2/c1-9-17-18(31-33(4)30-17)12-5-10(23)6-15(20(12)32(9)3)26-14-8-16(27-21(34)11-7-13(11)24)28-29-19(14)22(35)25-2/h5-6,8-9,11,13H,7H2,1-4H3,(H,25,35)(H2,26,27,28,34)/t9-,11-,13-/m1/s1/i2D3,4D3.